The van der Waals surface area contributed by atoms with Crippen LogP contribution in [0.4, 0.5) is 4.39 Å². The van der Waals surface area contributed by atoms with Crippen LogP contribution in [0.15, 0.2) is 48.5 Å². The highest BCUT2D eigenvalue weighted by molar-refractivity contribution is 5.97. The minimum Gasteiger partial charge on any atom is -0.493 e. The average Bonchev–Trinajstić information content (AvgIpc) is 2.66. The van der Waals surface area contributed by atoms with Crippen molar-refractivity contribution in [1.29, 1.82) is 0 Å². The van der Waals surface area contributed by atoms with Gasteiger partial charge < -0.3 is 9.64 Å². The highest BCUT2D eigenvalue weighted by Gasteiger charge is 2.27. The molecule has 1 heterocycles. The molecule has 1 amide bonds. The number of nitrogens with zero attached hydrogens (tertiary/aromatic N) is 1. The minimum absolute atomic E-state index is 0.0407. The van der Waals surface area contributed by atoms with Crippen LogP contribution in [-0.4, -0.2) is 31.0 Å². The topological polar surface area (TPSA) is 29.5 Å². The number of amides is 1. The van der Waals surface area contributed by atoms with Crippen molar-refractivity contribution in [2.45, 2.75) is 25.7 Å². The SMILES string of the molecule is COc1c(F)cccc1C(=O)N1CCC[C@@H](CCc2ccccc2)C1. The third-order valence-electron chi connectivity index (χ3n) is 4.89. The molecule has 25 heavy (non-hydrogen) atoms. The molecule has 2 aromatic rings. The minimum atomic E-state index is -0.494. The summed E-state index contributed by atoms with van der Waals surface area (Å²) in [6, 6.07) is 14.9. The Morgan fingerprint density at radius 3 is 2.76 bits per heavy atom. The number of hydrogen-bond acceptors (Lipinski definition) is 2. The first-order valence-electron chi connectivity index (χ1n) is 8.84. The molecule has 1 aliphatic heterocycles. The van der Waals surface area contributed by atoms with Crippen molar-refractivity contribution in [3.63, 3.8) is 0 Å². The summed E-state index contributed by atoms with van der Waals surface area (Å²) in [4.78, 5) is 14.7. The van der Waals surface area contributed by atoms with Gasteiger partial charge >= 0.3 is 0 Å². The van der Waals surface area contributed by atoms with Gasteiger partial charge in [0.15, 0.2) is 11.6 Å². The third-order valence-corrected chi connectivity index (χ3v) is 4.89. The standard InChI is InChI=1S/C21H24FNO2/c1-25-20-18(10-5-11-19(20)22)21(24)23-14-6-9-17(15-23)13-12-16-7-3-2-4-8-16/h2-5,7-8,10-11,17H,6,9,12-15H2,1H3/t17-/m0/s1. The Kier molecular flexibility index (Phi) is 5.69. The largest absolute Gasteiger partial charge is 0.493 e. The van der Waals surface area contributed by atoms with Crippen molar-refractivity contribution in [1.82, 2.24) is 4.90 Å². The van der Waals surface area contributed by atoms with Crippen molar-refractivity contribution < 1.29 is 13.9 Å². The van der Waals surface area contributed by atoms with Gasteiger partial charge in [0.25, 0.3) is 5.91 Å². The first-order chi connectivity index (χ1) is 12.2. The molecule has 1 atom stereocenters. The number of carbonyl (C=O) groups excluding carboxylic acids is 1. The maximum atomic E-state index is 13.9. The average molecular weight is 341 g/mol. The van der Waals surface area contributed by atoms with Gasteiger partial charge in [0, 0.05) is 13.1 Å². The molecule has 0 bridgehead atoms. The zero-order valence-corrected chi connectivity index (χ0v) is 14.6. The van der Waals surface area contributed by atoms with E-state index >= 15 is 0 Å². The summed E-state index contributed by atoms with van der Waals surface area (Å²) in [5, 5.41) is 0. The van der Waals surface area contributed by atoms with Crippen LogP contribution in [0, 0.1) is 11.7 Å². The molecular formula is C21H24FNO2. The number of methoxy groups -OCH3 is 1. The van der Waals surface area contributed by atoms with Gasteiger partial charge in [-0.25, -0.2) is 4.39 Å². The third kappa shape index (κ3) is 4.19. The molecule has 1 saturated heterocycles. The van der Waals surface area contributed by atoms with E-state index in [2.05, 4.69) is 24.3 Å². The van der Waals surface area contributed by atoms with E-state index < -0.39 is 5.82 Å². The summed E-state index contributed by atoms with van der Waals surface area (Å²) < 4.78 is 19.0. The molecule has 1 fully saturated rings. The summed E-state index contributed by atoms with van der Waals surface area (Å²) in [6.07, 6.45) is 4.21. The number of rotatable bonds is 5. The van der Waals surface area contributed by atoms with Crippen molar-refractivity contribution >= 4 is 5.91 Å². The second-order valence-electron chi connectivity index (χ2n) is 6.60. The summed E-state index contributed by atoms with van der Waals surface area (Å²) >= 11 is 0. The smallest absolute Gasteiger partial charge is 0.257 e. The van der Waals surface area contributed by atoms with Gasteiger partial charge in [-0.05, 0) is 49.3 Å². The Bertz CT molecular complexity index is 717. The number of piperidine rings is 1. The molecule has 3 nitrogen and oxygen atoms in total. The lowest BCUT2D eigenvalue weighted by Gasteiger charge is -2.33. The summed E-state index contributed by atoms with van der Waals surface area (Å²) in [7, 11) is 1.40. The first kappa shape index (κ1) is 17.5. The second-order valence-corrected chi connectivity index (χ2v) is 6.60. The molecule has 0 aliphatic carbocycles. The van der Waals surface area contributed by atoms with Crippen LogP contribution in [0.25, 0.3) is 0 Å². The number of para-hydroxylation sites is 1. The van der Waals surface area contributed by atoms with E-state index in [1.54, 1.807) is 12.1 Å². The molecule has 0 unspecified atom stereocenters. The van der Waals surface area contributed by atoms with Crippen molar-refractivity contribution in [2.24, 2.45) is 5.92 Å². The molecule has 0 N–H and O–H groups in total. The molecule has 0 spiro atoms. The van der Waals surface area contributed by atoms with Gasteiger partial charge in [0.1, 0.15) is 0 Å². The molecule has 0 aromatic heterocycles. The number of likely N-dealkylation sites (tertiary alicyclic amines) is 1. The van der Waals surface area contributed by atoms with Crippen LogP contribution in [-0.2, 0) is 6.42 Å². The maximum Gasteiger partial charge on any atom is 0.257 e. The zero-order valence-electron chi connectivity index (χ0n) is 14.6. The molecule has 1 aliphatic rings. The Balaban J connectivity index is 1.65. The molecule has 2 aromatic carbocycles. The van der Waals surface area contributed by atoms with E-state index in [-0.39, 0.29) is 11.7 Å². The number of aryl methyl sites for hydroxylation is 1. The summed E-state index contributed by atoms with van der Waals surface area (Å²) in [5.41, 5.74) is 1.64. The van der Waals surface area contributed by atoms with E-state index in [0.717, 1.165) is 38.8 Å². The molecule has 4 heteroatoms. The lowest BCUT2D eigenvalue weighted by molar-refractivity contribution is 0.0664. The highest BCUT2D eigenvalue weighted by Crippen LogP contribution is 2.27. The van der Waals surface area contributed by atoms with Gasteiger partial charge in [-0.1, -0.05) is 36.4 Å². The van der Waals surface area contributed by atoms with Crippen LogP contribution >= 0.6 is 0 Å². The van der Waals surface area contributed by atoms with Gasteiger partial charge in [0.2, 0.25) is 0 Å². The fourth-order valence-electron chi connectivity index (χ4n) is 3.56. The van der Waals surface area contributed by atoms with E-state index in [4.69, 9.17) is 4.74 Å². The second kappa shape index (κ2) is 8.15. The van der Waals surface area contributed by atoms with Crippen LogP contribution in [0.1, 0.15) is 35.2 Å². The van der Waals surface area contributed by atoms with Gasteiger partial charge in [-0.15, -0.1) is 0 Å². The maximum absolute atomic E-state index is 13.9. The van der Waals surface area contributed by atoms with Crippen LogP contribution in [0.5, 0.6) is 5.75 Å². The quantitative estimate of drug-likeness (QED) is 0.810. The van der Waals surface area contributed by atoms with E-state index in [1.807, 2.05) is 11.0 Å². The van der Waals surface area contributed by atoms with Gasteiger partial charge in [-0.2, -0.15) is 0 Å². The molecule has 0 saturated carbocycles. The summed E-state index contributed by atoms with van der Waals surface area (Å²) in [5.74, 6) is -0.108. The first-order valence-corrected chi connectivity index (χ1v) is 8.84. The predicted octanol–water partition coefficient (Wildman–Crippen LogP) is 4.32. The van der Waals surface area contributed by atoms with E-state index in [0.29, 0.717) is 11.5 Å². The van der Waals surface area contributed by atoms with E-state index in [1.165, 1.54) is 18.7 Å². The number of halogens is 1. The normalized spacial score (nSPS) is 17.4. The summed E-state index contributed by atoms with van der Waals surface area (Å²) in [6.45, 7) is 1.45. The number of carbonyl (C=O) groups is 1. The molecule has 0 radical (unpaired) electrons. The van der Waals surface area contributed by atoms with Gasteiger partial charge in [-0.3, -0.25) is 4.79 Å². The number of ether oxygens (including phenoxy) is 1. The van der Waals surface area contributed by atoms with Crippen LogP contribution < -0.4 is 4.74 Å². The Hall–Kier alpha value is -2.36. The van der Waals surface area contributed by atoms with Crippen molar-refractivity contribution in [3.8, 4) is 5.75 Å². The predicted molar refractivity (Wildman–Crippen MR) is 96.3 cm³/mol. The van der Waals surface area contributed by atoms with Crippen LogP contribution in [0.2, 0.25) is 0 Å². The van der Waals surface area contributed by atoms with Crippen molar-refractivity contribution in [3.05, 3.63) is 65.5 Å². The van der Waals surface area contributed by atoms with E-state index in [9.17, 15) is 9.18 Å². The lowest BCUT2D eigenvalue weighted by atomic mass is 9.91. The Labute approximate surface area is 148 Å². The monoisotopic (exact) mass is 341 g/mol. The molecule has 3 rings (SSSR count). The lowest BCUT2D eigenvalue weighted by Crippen LogP contribution is -2.40. The molecular weight excluding hydrogens is 317 g/mol. The Morgan fingerprint density at radius 1 is 1.20 bits per heavy atom. The number of hydrogen-bond donors (Lipinski definition) is 0. The fourth-order valence-corrected chi connectivity index (χ4v) is 3.56. The van der Waals surface area contributed by atoms with Crippen LogP contribution in [0.3, 0.4) is 0 Å². The zero-order chi connectivity index (χ0) is 17.6. The number of benzene rings is 2. The fraction of sp³-hybridized carbons (Fsp3) is 0.381. The Morgan fingerprint density at radius 2 is 2.00 bits per heavy atom. The van der Waals surface area contributed by atoms with Crippen molar-refractivity contribution in [2.75, 3.05) is 20.2 Å². The van der Waals surface area contributed by atoms with Gasteiger partial charge in [0.05, 0.1) is 12.7 Å². The highest BCUT2D eigenvalue weighted by atomic mass is 19.1. The molecule has 132 valence electrons.